The Morgan fingerprint density at radius 1 is 1.00 bits per heavy atom. The molecule has 0 aromatic carbocycles. The van der Waals surface area contributed by atoms with Crippen molar-refractivity contribution < 1.29 is 19.1 Å². The molecule has 0 fully saturated rings. The Hall–Kier alpha value is 0.430. The summed E-state index contributed by atoms with van der Waals surface area (Å²) in [4.78, 5) is 20.8. The van der Waals surface area contributed by atoms with Crippen molar-refractivity contribution in [3.8, 4) is 0 Å². The summed E-state index contributed by atoms with van der Waals surface area (Å²) in [5.41, 5.74) is 0. The topological polar surface area (TPSA) is 52.6 Å². The summed E-state index contributed by atoms with van der Waals surface area (Å²) in [5.74, 6) is 1.28. The summed E-state index contributed by atoms with van der Waals surface area (Å²) in [5, 5.41) is 0. The molecule has 0 aromatic heterocycles. The first-order chi connectivity index (χ1) is 7.13. The van der Waals surface area contributed by atoms with Crippen LogP contribution in [-0.2, 0) is 19.1 Å². The van der Waals surface area contributed by atoms with Gasteiger partial charge in [-0.15, -0.1) is 0 Å². The summed E-state index contributed by atoms with van der Waals surface area (Å²) in [7, 11) is 3.66. The van der Waals surface area contributed by atoms with Gasteiger partial charge < -0.3 is 0 Å². The van der Waals surface area contributed by atoms with Crippen LogP contribution in [0.3, 0.4) is 0 Å². The van der Waals surface area contributed by atoms with E-state index in [2.05, 4.69) is 0 Å². The van der Waals surface area contributed by atoms with Gasteiger partial charge in [0, 0.05) is 0 Å². The quantitative estimate of drug-likeness (QED) is 0.365. The minimum atomic E-state index is -0.223. The molecule has 15 heavy (non-hydrogen) atoms. The molecule has 7 heteroatoms. The number of hydrogen-bond donors (Lipinski definition) is 0. The van der Waals surface area contributed by atoms with E-state index in [0.717, 1.165) is 11.5 Å². The van der Waals surface area contributed by atoms with Crippen molar-refractivity contribution >= 4 is 48.1 Å². The van der Waals surface area contributed by atoms with E-state index in [1.165, 1.54) is 13.8 Å². The predicted octanol–water partition coefficient (Wildman–Crippen LogP) is 1.11. The second-order valence-corrected chi connectivity index (χ2v) is 11.8. The zero-order valence-electron chi connectivity index (χ0n) is 8.69. The number of carbonyl (C=O) groups excluding carboxylic acids is 2. The van der Waals surface area contributed by atoms with Crippen molar-refractivity contribution in [2.24, 2.45) is 0 Å². The van der Waals surface area contributed by atoms with Crippen LogP contribution in [-0.4, -0.2) is 54.8 Å². The molecule has 0 bridgehead atoms. The van der Waals surface area contributed by atoms with Crippen LogP contribution in [0.5, 0.6) is 0 Å². The Morgan fingerprint density at radius 3 is 1.73 bits per heavy atom. The Balaban J connectivity index is 2.99. The molecule has 0 aliphatic carbocycles. The van der Waals surface area contributed by atoms with Gasteiger partial charge in [0.05, 0.1) is 0 Å². The van der Waals surface area contributed by atoms with Gasteiger partial charge >= 0.3 is 106 Å². The number of esters is 2. The molecule has 0 amide bonds. The third kappa shape index (κ3) is 14.4. The van der Waals surface area contributed by atoms with Crippen molar-refractivity contribution in [3.05, 3.63) is 0 Å². The summed E-state index contributed by atoms with van der Waals surface area (Å²) in [6.07, 6.45) is 0. The molecule has 0 aromatic rings. The number of hydrogen-bond acceptors (Lipinski definition) is 6. The third-order valence-corrected chi connectivity index (χ3v) is 10.3. The number of ether oxygens (including phenoxy) is 2. The fourth-order valence-electron chi connectivity index (χ4n) is 0.541. The van der Waals surface area contributed by atoms with Crippen LogP contribution in [0.4, 0.5) is 0 Å². The standard InChI is InChI=1S/C8H14O4S2Te/c1-7(9)11-3-5-13-15-14-6-4-12-8(2)10/h3-6H2,1-2H3. The first-order valence-electron chi connectivity index (χ1n) is 4.30. The van der Waals surface area contributed by atoms with Crippen LogP contribution >= 0.6 is 18.0 Å². The molecule has 0 saturated carbocycles. The van der Waals surface area contributed by atoms with Gasteiger partial charge in [-0.05, 0) is 0 Å². The summed E-state index contributed by atoms with van der Waals surface area (Å²) >= 11 is -0.154. The maximum absolute atomic E-state index is 10.4. The van der Waals surface area contributed by atoms with Crippen LogP contribution in [0.2, 0.25) is 0 Å². The number of carbonyl (C=O) groups is 2. The van der Waals surface area contributed by atoms with Gasteiger partial charge in [-0.25, -0.2) is 0 Å². The van der Waals surface area contributed by atoms with E-state index >= 15 is 0 Å². The molecule has 0 heterocycles. The Morgan fingerprint density at radius 2 is 1.40 bits per heavy atom. The minimum absolute atomic E-state index is 0.154. The van der Waals surface area contributed by atoms with E-state index in [1.54, 1.807) is 0 Å². The average Bonchev–Trinajstić information content (AvgIpc) is 2.14. The molecule has 4 nitrogen and oxygen atoms in total. The Bertz CT molecular complexity index is 181. The Kier molecular flexibility index (Phi) is 11.2. The fourth-order valence-corrected chi connectivity index (χ4v) is 8.07. The summed E-state index contributed by atoms with van der Waals surface area (Å²) in [6.45, 7) is 3.81. The van der Waals surface area contributed by atoms with E-state index < -0.39 is 0 Å². The van der Waals surface area contributed by atoms with Gasteiger partial charge in [0.2, 0.25) is 0 Å². The molecule has 0 spiro atoms. The summed E-state index contributed by atoms with van der Waals surface area (Å²) < 4.78 is 9.57. The van der Waals surface area contributed by atoms with Crippen molar-refractivity contribution in [2.45, 2.75) is 13.8 Å². The van der Waals surface area contributed by atoms with E-state index in [-0.39, 0.29) is 30.1 Å². The van der Waals surface area contributed by atoms with Crippen LogP contribution in [0.1, 0.15) is 13.8 Å². The average molecular weight is 366 g/mol. The third-order valence-electron chi connectivity index (χ3n) is 1.04. The predicted molar refractivity (Wildman–Crippen MR) is 63.9 cm³/mol. The second-order valence-electron chi connectivity index (χ2n) is 2.39. The second kappa shape index (κ2) is 10.9. The van der Waals surface area contributed by atoms with Crippen molar-refractivity contribution in [2.75, 3.05) is 24.7 Å². The molecule has 0 aliphatic rings. The molecule has 88 valence electrons. The van der Waals surface area contributed by atoms with Gasteiger partial charge in [-0.3, -0.25) is 0 Å². The van der Waals surface area contributed by atoms with Crippen molar-refractivity contribution in [3.63, 3.8) is 0 Å². The first-order valence-corrected chi connectivity index (χ1v) is 11.8. The molecule has 0 saturated heterocycles. The van der Waals surface area contributed by atoms with Gasteiger partial charge in [0.15, 0.2) is 0 Å². The molecule has 0 rings (SSSR count). The zero-order chi connectivity index (χ0) is 11.5. The van der Waals surface area contributed by atoms with Crippen LogP contribution < -0.4 is 0 Å². The summed E-state index contributed by atoms with van der Waals surface area (Å²) in [6, 6.07) is 0. The molecule has 0 unspecified atom stereocenters. The van der Waals surface area contributed by atoms with E-state index in [4.69, 9.17) is 9.47 Å². The molecule has 0 aliphatic heterocycles. The van der Waals surface area contributed by atoms with Crippen molar-refractivity contribution in [1.29, 1.82) is 0 Å². The van der Waals surface area contributed by atoms with Crippen LogP contribution in [0.25, 0.3) is 0 Å². The van der Waals surface area contributed by atoms with E-state index in [1.807, 2.05) is 18.0 Å². The monoisotopic (exact) mass is 368 g/mol. The number of rotatable bonds is 8. The molecule has 0 atom stereocenters. The fraction of sp³-hybridized carbons (Fsp3) is 0.750. The molecule has 0 N–H and O–H groups in total. The van der Waals surface area contributed by atoms with Crippen molar-refractivity contribution in [1.82, 2.24) is 0 Å². The van der Waals surface area contributed by atoms with Gasteiger partial charge in [-0.2, -0.15) is 0 Å². The van der Waals surface area contributed by atoms with Gasteiger partial charge in [0.25, 0.3) is 0 Å². The maximum atomic E-state index is 10.4. The SMILES string of the molecule is CC(=O)OCCS[Te]SCCOC(C)=O. The first kappa shape index (κ1) is 15.4. The Labute approximate surface area is 105 Å². The van der Waals surface area contributed by atoms with E-state index in [9.17, 15) is 9.59 Å². The normalized spacial score (nSPS) is 9.73. The van der Waals surface area contributed by atoms with E-state index in [0.29, 0.717) is 13.2 Å². The molecule has 0 radical (unpaired) electrons. The van der Waals surface area contributed by atoms with Gasteiger partial charge in [0.1, 0.15) is 0 Å². The molecular weight excluding hydrogens is 352 g/mol. The van der Waals surface area contributed by atoms with Crippen LogP contribution in [0, 0.1) is 0 Å². The zero-order valence-corrected chi connectivity index (χ0v) is 12.6. The molecular formula is C8H14O4S2Te. The van der Waals surface area contributed by atoms with Crippen LogP contribution in [0.15, 0.2) is 0 Å². The van der Waals surface area contributed by atoms with Gasteiger partial charge in [-0.1, -0.05) is 0 Å².